The lowest BCUT2D eigenvalue weighted by atomic mass is 9.75. The van der Waals surface area contributed by atoms with Crippen LogP contribution in [0.15, 0.2) is 72.8 Å². The van der Waals surface area contributed by atoms with E-state index in [1.54, 1.807) is 40.1 Å². The van der Waals surface area contributed by atoms with Crippen LogP contribution in [-0.4, -0.2) is 48.4 Å². The highest BCUT2D eigenvalue weighted by Crippen LogP contribution is 2.37. The van der Waals surface area contributed by atoms with Crippen LogP contribution in [0.3, 0.4) is 0 Å². The van der Waals surface area contributed by atoms with Gasteiger partial charge in [0.2, 0.25) is 5.91 Å². The fourth-order valence-corrected chi connectivity index (χ4v) is 4.96. The van der Waals surface area contributed by atoms with Crippen LogP contribution in [0.4, 0.5) is 0 Å². The van der Waals surface area contributed by atoms with Crippen molar-refractivity contribution in [2.45, 2.75) is 25.8 Å². The van der Waals surface area contributed by atoms with E-state index in [1.807, 2.05) is 49.5 Å². The maximum atomic E-state index is 13.3. The lowest BCUT2D eigenvalue weighted by Gasteiger charge is -2.42. The number of ether oxygens (including phenoxy) is 1. The van der Waals surface area contributed by atoms with Gasteiger partial charge in [-0.3, -0.25) is 9.59 Å². The number of benzene rings is 3. The van der Waals surface area contributed by atoms with Crippen molar-refractivity contribution in [3.63, 3.8) is 0 Å². The molecule has 3 aromatic rings. The van der Waals surface area contributed by atoms with Crippen molar-refractivity contribution in [1.82, 2.24) is 9.80 Å². The predicted octanol–water partition coefficient (Wildman–Crippen LogP) is 7.00. The van der Waals surface area contributed by atoms with Gasteiger partial charge in [0, 0.05) is 49.1 Å². The van der Waals surface area contributed by atoms with E-state index in [2.05, 4.69) is 0 Å². The second-order valence-corrected chi connectivity index (χ2v) is 10.8. The number of hydrogen-bond acceptors (Lipinski definition) is 3. The van der Waals surface area contributed by atoms with Crippen molar-refractivity contribution in [3.8, 4) is 5.75 Å². The average molecular weight is 560 g/mol. The molecule has 0 saturated carbocycles. The molecule has 2 amide bonds. The molecule has 5 nitrogen and oxygen atoms in total. The molecule has 1 saturated heterocycles. The van der Waals surface area contributed by atoms with Gasteiger partial charge in [0.05, 0.1) is 16.7 Å². The molecule has 1 fully saturated rings. The smallest absolute Gasteiger partial charge is 0.253 e. The van der Waals surface area contributed by atoms with E-state index < -0.39 is 5.41 Å². The van der Waals surface area contributed by atoms with E-state index in [4.69, 9.17) is 39.5 Å². The number of hydrogen-bond donors (Lipinski definition) is 0. The number of halogens is 3. The molecule has 0 bridgehead atoms. The average Bonchev–Trinajstić information content (AvgIpc) is 2.90. The second-order valence-electron chi connectivity index (χ2n) is 9.58. The third-order valence-corrected chi connectivity index (χ3v) is 7.84. The highest BCUT2D eigenvalue weighted by atomic mass is 35.5. The summed E-state index contributed by atoms with van der Waals surface area (Å²) in [5.74, 6) is 0.648. The van der Waals surface area contributed by atoms with Gasteiger partial charge in [-0.15, -0.1) is 0 Å². The molecule has 0 radical (unpaired) electrons. The van der Waals surface area contributed by atoms with E-state index >= 15 is 0 Å². The Kier molecular flexibility index (Phi) is 9.01. The molecule has 194 valence electrons. The summed E-state index contributed by atoms with van der Waals surface area (Å²) in [6, 6.07) is 22.0. The highest BCUT2D eigenvalue weighted by Gasteiger charge is 2.39. The van der Waals surface area contributed by atoms with Crippen LogP contribution in [0.2, 0.25) is 15.1 Å². The molecular formula is C29H29Cl3N2O3. The zero-order valence-electron chi connectivity index (χ0n) is 20.6. The molecule has 0 atom stereocenters. The van der Waals surface area contributed by atoms with E-state index in [0.717, 1.165) is 5.56 Å². The summed E-state index contributed by atoms with van der Waals surface area (Å²) in [6.45, 7) is 1.93. The van der Waals surface area contributed by atoms with Crippen LogP contribution in [0.5, 0.6) is 5.75 Å². The molecule has 0 N–H and O–H groups in total. The molecule has 37 heavy (non-hydrogen) atoms. The molecule has 0 aromatic heterocycles. The Labute approximate surface area is 232 Å². The second kappa shape index (κ2) is 12.2. The minimum atomic E-state index is -0.407. The molecule has 0 unspecified atom stereocenters. The summed E-state index contributed by atoms with van der Waals surface area (Å²) in [7, 11) is 1.83. The van der Waals surface area contributed by atoms with Crippen molar-refractivity contribution in [2.24, 2.45) is 5.41 Å². The van der Waals surface area contributed by atoms with Crippen LogP contribution < -0.4 is 4.74 Å². The summed E-state index contributed by atoms with van der Waals surface area (Å²) in [5.41, 5.74) is 1.17. The zero-order chi connectivity index (χ0) is 26.4. The summed E-state index contributed by atoms with van der Waals surface area (Å²) < 4.78 is 6.15. The Bertz CT molecular complexity index is 1230. The Morgan fingerprint density at radius 2 is 1.59 bits per heavy atom. The number of carbonyl (C=O) groups excluding carboxylic acids is 2. The van der Waals surface area contributed by atoms with Crippen LogP contribution in [-0.2, 0) is 11.3 Å². The monoisotopic (exact) mass is 558 g/mol. The first-order valence-corrected chi connectivity index (χ1v) is 13.3. The van der Waals surface area contributed by atoms with Crippen molar-refractivity contribution in [3.05, 3.63) is 99.0 Å². The van der Waals surface area contributed by atoms with E-state index in [0.29, 0.717) is 71.9 Å². The largest absolute Gasteiger partial charge is 0.493 e. The molecule has 0 aliphatic carbocycles. The Morgan fingerprint density at radius 1 is 0.919 bits per heavy atom. The van der Waals surface area contributed by atoms with Crippen LogP contribution >= 0.6 is 34.8 Å². The van der Waals surface area contributed by atoms with Gasteiger partial charge in [-0.05, 0) is 60.9 Å². The van der Waals surface area contributed by atoms with Crippen molar-refractivity contribution in [1.29, 1.82) is 0 Å². The number of carbonyl (C=O) groups is 2. The fourth-order valence-electron chi connectivity index (χ4n) is 4.54. The predicted molar refractivity (Wildman–Crippen MR) is 149 cm³/mol. The van der Waals surface area contributed by atoms with Gasteiger partial charge in [-0.1, -0.05) is 65.1 Å². The maximum Gasteiger partial charge on any atom is 0.253 e. The minimum Gasteiger partial charge on any atom is -0.493 e. The van der Waals surface area contributed by atoms with Gasteiger partial charge in [-0.2, -0.15) is 0 Å². The van der Waals surface area contributed by atoms with Crippen molar-refractivity contribution >= 4 is 46.6 Å². The number of piperidine rings is 1. The number of amides is 2. The van der Waals surface area contributed by atoms with Crippen molar-refractivity contribution in [2.75, 3.05) is 26.7 Å². The first-order chi connectivity index (χ1) is 17.7. The van der Waals surface area contributed by atoms with Gasteiger partial charge in [0.1, 0.15) is 5.75 Å². The summed E-state index contributed by atoms with van der Waals surface area (Å²) >= 11 is 18.2. The minimum absolute atomic E-state index is 0.0489. The number of nitrogens with zero attached hydrogens (tertiary/aromatic N) is 2. The van der Waals surface area contributed by atoms with E-state index in [-0.39, 0.29) is 11.8 Å². The molecule has 4 rings (SSSR count). The van der Waals surface area contributed by atoms with Gasteiger partial charge >= 0.3 is 0 Å². The number of rotatable bonds is 8. The third kappa shape index (κ3) is 7.19. The molecule has 0 spiro atoms. The Morgan fingerprint density at radius 3 is 2.24 bits per heavy atom. The zero-order valence-corrected chi connectivity index (χ0v) is 22.9. The molecule has 3 aromatic carbocycles. The fraction of sp³-hybridized carbons (Fsp3) is 0.310. The van der Waals surface area contributed by atoms with Crippen LogP contribution in [0.25, 0.3) is 0 Å². The molecular weight excluding hydrogens is 531 g/mol. The normalized spacial score (nSPS) is 14.8. The summed E-state index contributed by atoms with van der Waals surface area (Å²) in [5, 5.41) is 1.39. The maximum absolute atomic E-state index is 13.3. The van der Waals surface area contributed by atoms with Gasteiger partial charge in [0.15, 0.2) is 0 Å². The lowest BCUT2D eigenvalue weighted by Crippen LogP contribution is -2.47. The van der Waals surface area contributed by atoms with Gasteiger partial charge < -0.3 is 14.5 Å². The Hall–Kier alpha value is -2.73. The third-order valence-electron chi connectivity index (χ3n) is 6.85. The highest BCUT2D eigenvalue weighted by molar-refractivity contribution is 6.42. The van der Waals surface area contributed by atoms with Crippen molar-refractivity contribution < 1.29 is 14.3 Å². The first kappa shape index (κ1) is 27.3. The molecule has 1 aliphatic heterocycles. The summed E-state index contributed by atoms with van der Waals surface area (Å²) in [4.78, 5) is 30.0. The quantitative estimate of drug-likeness (QED) is 0.299. The molecule has 1 aliphatic rings. The number of likely N-dealkylation sites (tertiary alicyclic amines) is 1. The Balaban J connectivity index is 1.46. The standard InChI is InChI=1S/C29H29Cl3N2O3/c1-33(19-21-5-3-2-4-6-21)27(35)18-29(20-37-24-10-8-23(30)9-11-24)13-15-34(16-14-29)28(36)22-7-12-25(31)26(32)17-22/h2-12,17H,13-16,18-20H2,1H3. The first-order valence-electron chi connectivity index (χ1n) is 12.2. The SMILES string of the molecule is CN(Cc1ccccc1)C(=O)CC1(COc2ccc(Cl)cc2)CCN(C(=O)c2ccc(Cl)c(Cl)c2)CC1. The van der Waals surface area contributed by atoms with Crippen LogP contribution in [0.1, 0.15) is 35.2 Å². The van der Waals surface area contributed by atoms with E-state index in [9.17, 15) is 9.59 Å². The molecule has 8 heteroatoms. The lowest BCUT2D eigenvalue weighted by molar-refractivity contribution is -0.134. The molecule has 1 heterocycles. The summed E-state index contributed by atoms with van der Waals surface area (Å²) in [6.07, 6.45) is 1.61. The van der Waals surface area contributed by atoms with Crippen LogP contribution in [0, 0.1) is 5.41 Å². The topological polar surface area (TPSA) is 49.9 Å². The van der Waals surface area contributed by atoms with Gasteiger partial charge in [0.25, 0.3) is 5.91 Å². The van der Waals surface area contributed by atoms with Gasteiger partial charge in [-0.25, -0.2) is 0 Å². The van der Waals surface area contributed by atoms with E-state index in [1.165, 1.54) is 0 Å².